The van der Waals surface area contributed by atoms with Crippen molar-refractivity contribution in [2.75, 3.05) is 6.54 Å². The number of benzene rings is 1. The monoisotopic (exact) mass is 243 g/mol. The zero-order valence-electron chi connectivity index (χ0n) is 11.0. The molecule has 2 aromatic rings. The number of para-hydroxylation sites is 2. The maximum atomic E-state index is 4.72. The van der Waals surface area contributed by atoms with Crippen molar-refractivity contribution in [2.45, 2.75) is 39.3 Å². The van der Waals surface area contributed by atoms with Crippen LogP contribution in [0.5, 0.6) is 0 Å². The summed E-state index contributed by atoms with van der Waals surface area (Å²) in [6, 6.07) is 8.39. The molecule has 0 atom stereocenters. The Kier molecular flexibility index (Phi) is 3.33. The molecule has 0 radical (unpaired) electrons. The molecule has 1 aliphatic carbocycles. The van der Waals surface area contributed by atoms with Gasteiger partial charge in [0, 0.05) is 6.54 Å². The van der Waals surface area contributed by atoms with E-state index in [1.807, 2.05) is 0 Å². The van der Waals surface area contributed by atoms with Gasteiger partial charge in [0.1, 0.15) is 5.82 Å². The third kappa shape index (κ3) is 2.15. The van der Waals surface area contributed by atoms with Crippen LogP contribution in [-0.4, -0.2) is 16.1 Å². The summed E-state index contributed by atoms with van der Waals surface area (Å²) in [5.41, 5.74) is 2.36. The molecule has 3 rings (SSSR count). The van der Waals surface area contributed by atoms with Crippen LogP contribution in [0.1, 0.15) is 32.0 Å². The van der Waals surface area contributed by atoms with Gasteiger partial charge in [0.2, 0.25) is 0 Å². The standard InChI is InChI=1S/C15H21N3/c1-2-18-14-9-4-3-8-13(14)17-15(18)11-16-10-12-6-5-7-12/h3-4,8-9,12,16H,2,5-7,10-11H2,1H3. The summed E-state index contributed by atoms with van der Waals surface area (Å²) in [5.74, 6) is 2.07. The van der Waals surface area contributed by atoms with E-state index in [1.165, 1.54) is 24.8 Å². The summed E-state index contributed by atoms with van der Waals surface area (Å²) in [4.78, 5) is 4.72. The predicted octanol–water partition coefficient (Wildman–Crippen LogP) is 2.95. The van der Waals surface area contributed by atoms with Gasteiger partial charge in [-0.3, -0.25) is 0 Å². The molecule has 1 fully saturated rings. The fourth-order valence-electron chi connectivity index (χ4n) is 2.70. The summed E-state index contributed by atoms with van der Waals surface area (Å²) < 4.78 is 2.31. The number of rotatable bonds is 5. The van der Waals surface area contributed by atoms with Gasteiger partial charge in [-0.25, -0.2) is 4.98 Å². The lowest BCUT2D eigenvalue weighted by Gasteiger charge is -2.25. The molecule has 0 unspecified atom stereocenters. The van der Waals surface area contributed by atoms with Crippen LogP contribution in [0.4, 0.5) is 0 Å². The van der Waals surface area contributed by atoms with Crippen LogP contribution in [0.2, 0.25) is 0 Å². The highest BCUT2D eigenvalue weighted by atomic mass is 15.1. The van der Waals surface area contributed by atoms with Gasteiger partial charge >= 0.3 is 0 Å². The van der Waals surface area contributed by atoms with Crippen molar-refractivity contribution in [3.05, 3.63) is 30.1 Å². The first kappa shape index (κ1) is 11.7. The molecule has 1 aromatic carbocycles. The molecule has 18 heavy (non-hydrogen) atoms. The molecule has 1 N–H and O–H groups in total. The highest BCUT2D eigenvalue weighted by molar-refractivity contribution is 5.75. The number of fused-ring (bicyclic) bond motifs is 1. The van der Waals surface area contributed by atoms with Crippen LogP contribution in [0.25, 0.3) is 11.0 Å². The Morgan fingerprint density at radius 3 is 2.89 bits per heavy atom. The lowest BCUT2D eigenvalue weighted by molar-refractivity contribution is 0.300. The normalized spacial score (nSPS) is 16.1. The number of nitrogens with one attached hydrogen (secondary N) is 1. The number of hydrogen-bond donors (Lipinski definition) is 1. The topological polar surface area (TPSA) is 29.9 Å². The van der Waals surface area contributed by atoms with Gasteiger partial charge in [-0.1, -0.05) is 18.6 Å². The fraction of sp³-hybridized carbons (Fsp3) is 0.533. The number of hydrogen-bond acceptors (Lipinski definition) is 2. The van der Waals surface area contributed by atoms with E-state index in [2.05, 4.69) is 41.1 Å². The first-order chi connectivity index (χ1) is 8.88. The van der Waals surface area contributed by atoms with Crippen LogP contribution in [0.3, 0.4) is 0 Å². The highest BCUT2D eigenvalue weighted by Crippen LogP contribution is 2.25. The van der Waals surface area contributed by atoms with Crippen LogP contribution in [-0.2, 0) is 13.1 Å². The fourth-order valence-corrected chi connectivity index (χ4v) is 2.70. The summed E-state index contributed by atoms with van der Waals surface area (Å²) in [5, 5.41) is 3.56. The third-order valence-electron chi connectivity index (χ3n) is 3.99. The summed E-state index contributed by atoms with van der Waals surface area (Å²) in [7, 11) is 0. The molecule has 0 spiro atoms. The van der Waals surface area contributed by atoms with E-state index < -0.39 is 0 Å². The van der Waals surface area contributed by atoms with Crippen molar-refractivity contribution in [1.29, 1.82) is 0 Å². The van der Waals surface area contributed by atoms with Crippen LogP contribution in [0.15, 0.2) is 24.3 Å². The number of nitrogens with zero attached hydrogens (tertiary/aromatic N) is 2. The van der Waals surface area contributed by atoms with Crippen molar-refractivity contribution in [1.82, 2.24) is 14.9 Å². The van der Waals surface area contributed by atoms with Crippen LogP contribution in [0, 0.1) is 5.92 Å². The highest BCUT2D eigenvalue weighted by Gasteiger charge is 2.17. The molecule has 1 aromatic heterocycles. The molecule has 96 valence electrons. The minimum atomic E-state index is 0.888. The quantitative estimate of drug-likeness (QED) is 0.875. The van der Waals surface area contributed by atoms with Gasteiger partial charge in [-0.05, 0) is 44.4 Å². The van der Waals surface area contributed by atoms with E-state index in [0.717, 1.165) is 36.9 Å². The lowest BCUT2D eigenvalue weighted by Crippen LogP contribution is -2.27. The maximum Gasteiger partial charge on any atom is 0.123 e. The van der Waals surface area contributed by atoms with Crippen molar-refractivity contribution in [3.8, 4) is 0 Å². The Balaban J connectivity index is 1.73. The Morgan fingerprint density at radius 2 is 2.17 bits per heavy atom. The molecule has 1 heterocycles. The molecular weight excluding hydrogens is 222 g/mol. The minimum Gasteiger partial charge on any atom is -0.327 e. The number of aryl methyl sites for hydroxylation is 1. The van der Waals surface area contributed by atoms with Gasteiger partial charge < -0.3 is 9.88 Å². The van der Waals surface area contributed by atoms with E-state index in [0.29, 0.717) is 0 Å². The molecule has 1 aliphatic rings. The average molecular weight is 243 g/mol. The Bertz CT molecular complexity index is 526. The third-order valence-corrected chi connectivity index (χ3v) is 3.99. The first-order valence-electron chi connectivity index (χ1n) is 7.03. The van der Waals surface area contributed by atoms with Crippen LogP contribution < -0.4 is 5.32 Å². The molecule has 0 bridgehead atoms. The predicted molar refractivity (Wildman–Crippen MR) is 74.5 cm³/mol. The number of imidazole rings is 1. The Morgan fingerprint density at radius 1 is 1.33 bits per heavy atom. The summed E-state index contributed by atoms with van der Waals surface area (Å²) >= 11 is 0. The van der Waals surface area contributed by atoms with Gasteiger partial charge in [0.25, 0.3) is 0 Å². The van der Waals surface area contributed by atoms with E-state index in [4.69, 9.17) is 4.98 Å². The van der Waals surface area contributed by atoms with Gasteiger partial charge in [-0.2, -0.15) is 0 Å². The van der Waals surface area contributed by atoms with Gasteiger partial charge in [-0.15, -0.1) is 0 Å². The summed E-state index contributed by atoms with van der Waals surface area (Å²) in [6.45, 7) is 5.20. The van der Waals surface area contributed by atoms with Crippen molar-refractivity contribution < 1.29 is 0 Å². The van der Waals surface area contributed by atoms with E-state index in [9.17, 15) is 0 Å². The zero-order valence-corrected chi connectivity index (χ0v) is 11.0. The number of aromatic nitrogens is 2. The second-order valence-electron chi connectivity index (χ2n) is 5.19. The van der Waals surface area contributed by atoms with E-state index in [1.54, 1.807) is 0 Å². The van der Waals surface area contributed by atoms with Gasteiger partial charge in [0.05, 0.1) is 17.6 Å². The van der Waals surface area contributed by atoms with E-state index >= 15 is 0 Å². The SMILES string of the molecule is CCn1c(CNCC2CCC2)nc2ccccc21. The molecule has 3 heteroatoms. The second-order valence-corrected chi connectivity index (χ2v) is 5.19. The van der Waals surface area contributed by atoms with Crippen molar-refractivity contribution >= 4 is 11.0 Å². The Hall–Kier alpha value is -1.35. The smallest absolute Gasteiger partial charge is 0.123 e. The van der Waals surface area contributed by atoms with E-state index in [-0.39, 0.29) is 0 Å². The molecule has 0 saturated heterocycles. The molecule has 0 amide bonds. The summed E-state index contributed by atoms with van der Waals surface area (Å²) in [6.07, 6.45) is 4.22. The Labute approximate surface area is 108 Å². The molecule has 0 aliphatic heterocycles. The van der Waals surface area contributed by atoms with Crippen LogP contribution >= 0.6 is 0 Å². The second kappa shape index (κ2) is 5.11. The average Bonchev–Trinajstić information content (AvgIpc) is 2.69. The molecule has 1 saturated carbocycles. The minimum absolute atomic E-state index is 0.888. The molecular formula is C15H21N3. The first-order valence-corrected chi connectivity index (χ1v) is 7.03. The van der Waals surface area contributed by atoms with Gasteiger partial charge in [0.15, 0.2) is 0 Å². The zero-order chi connectivity index (χ0) is 12.4. The van der Waals surface area contributed by atoms with Crippen molar-refractivity contribution in [2.24, 2.45) is 5.92 Å². The molecule has 3 nitrogen and oxygen atoms in total. The maximum absolute atomic E-state index is 4.72. The largest absolute Gasteiger partial charge is 0.327 e. The lowest BCUT2D eigenvalue weighted by atomic mass is 9.85. The van der Waals surface area contributed by atoms with Crippen molar-refractivity contribution in [3.63, 3.8) is 0 Å².